The quantitative estimate of drug-likeness (QED) is 0.807. The highest BCUT2D eigenvalue weighted by Crippen LogP contribution is 2.22. The van der Waals surface area contributed by atoms with Gasteiger partial charge in [-0.15, -0.1) is 0 Å². The molecule has 0 atom stereocenters. The molecule has 1 aromatic heterocycles. The average Bonchev–Trinajstić information content (AvgIpc) is 2.21. The van der Waals surface area contributed by atoms with Gasteiger partial charge in [-0.3, -0.25) is 4.98 Å². The van der Waals surface area contributed by atoms with E-state index in [-0.39, 0.29) is 6.09 Å². The molecular formula is C14H20N2O2. The second kappa shape index (κ2) is 4.96. The molecule has 1 aromatic rings. The van der Waals surface area contributed by atoms with Gasteiger partial charge in [0, 0.05) is 25.5 Å². The van der Waals surface area contributed by atoms with E-state index in [1.807, 2.05) is 33.0 Å². The Morgan fingerprint density at radius 3 is 2.78 bits per heavy atom. The molecule has 1 amide bonds. The van der Waals surface area contributed by atoms with Crippen molar-refractivity contribution in [3.63, 3.8) is 0 Å². The summed E-state index contributed by atoms with van der Waals surface area (Å²) in [6, 6.07) is 4.02. The van der Waals surface area contributed by atoms with Gasteiger partial charge >= 0.3 is 6.09 Å². The topological polar surface area (TPSA) is 42.4 Å². The third-order valence-corrected chi connectivity index (χ3v) is 2.86. The molecule has 0 unspecified atom stereocenters. The maximum absolute atomic E-state index is 11.7. The Kier molecular flexibility index (Phi) is 3.55. The fraction of sp³-hybridized carbons (Fsp3) is 0.571. The normalized spacial score (nSPS) is 16.3. The van der Waals surface area contributed by atoms with Gasteiger partial charge in [0.15, 0.2) is 0 Å². The molecule has 98 valence electrons. The summed E-state index contributed by atoms with van der Waals surface area (Å²) in [6.07, 6.45) is 4.44. The van der Waals surface area contributed by atoms with Gasteiger partial charge in [0.2, 0.25) is 0 Å². The van der Waals surface area contributed by atoms with Crippen molar-refractivity contribution in [3.05, 3.63) is 30.1 Å². The Hall–Kier alpha value is -1.58. The number of amides is 1. The van der Waals surface area contributed by atoms with E-state index in [2.05, 4.69) is 11.1 Å². The SMILES string of the molecule is CC(C)(C)OC(=O)N1CC(Cc2cccnc2)C1. The van der Waals surface area contributed by atoms with Crippen LogP contribution in [0.15, 0.2) is 24.5 Å². The summed E-state index contributed by atoms with van der Waals surface area (Å²) in [5, 5.41) is 0. The summed E-state index contributed by atoms with van der Waals surface area (Å²) in [5.41, 5.74) is 0.817. The number of rotatable bonds is 2. The summed E-state index contributed by atoms with van der Waals surface area (Å²) in [7, 11) is 0. The molecule has 0 bridgehead atoms. The highest BCUT2D eigenvalue weighted by atomic mass is 16.6. The summed E-state index contributed by atoms with van der Waals surface area (Å²) >= 11 is 0. The number of hydrogen-bond acceptors (Lipinski definition) is 3. The highest BCUT2D eigenvalue weighted by molar-refractivity contribution is 5.69. The Morgan fingerprint density at radius 2 is 2.22 bits per heavy atom. The molecule has 0 N–H and O–H groups in total. The number of carbonyl (C=O) groups is 1. The van der Waals surface area contributed by atoms with Gasteiger partial charge < -0.3 is 9.64 Å². The number of ether oxygens (including phenoxy) is 1. The predicted octanol–water partition coefficient (Wildman–Crippen LogP) is 2.49. The molecule has 0 spiro atoms. The Bertz CT molecular complexity index is 406. The number of hydrogen-bond donors (Lipinski definition) is 0. The summed E-state index contributed by atoms with van der Waals surface area (Å²) in [5.74, 6) is 0.529. The van der Waals surface area contributed by atoms with E-state index >= 15 is 0 Å². The third kappa shape index (κ3) is 3.45. The van der Waals surface area contributed by atoms with E-state index in [0.29, 0.717) is 5.92 Å². The summed E-state index contributed by atoms with van der Waals surface area (Å²) in [6.45, 7) is 7.22. The average molecular weight is 248 g/mol. The molecule has 2 rings (SSSR count). The fourth-order valence-electron chi connectivity index (χ4n) is 2.03. The summed E-state index contributed by atoms with van der Waals surface area (Å²) < 4.78 is 5.31. The van der Waals surface area contributed by atoms with Crippen LogP contribution in [0.1, 0.15) is 26.3 Å². The fourth-order valence-corrected chi connectivity index (χ4v) is 2.03. The first-order chi connectivity index (χ1) is 8.44. The number of likely N-dealkylation sites (tertiary alicyclic amines) is 1. The smallest absolute Gasteiger partial charge is 0.410 e. The van der Waals surface area contributed by atoms with Crippen LogP contribution >= 0.6 is 0 Å². The maximum Gasteiger partial charge on any atom is 0.410 e. The molecule has 0 aromatic carbocycles. The van der Waals surface area contributed by atoms with Gasteiger partial charge in [-0.05, 0) is 44.7 Å². The number of carbonyl (C=O) groups excluding carboxylic acids is 1. The lowest BCUT2D eigenvalue weighted by Gasteiger charge is -2.39. The zero-order valence-electron chi connectivity index (χ0n) is 11.2. The molecule has 1 aliphatic rings. The van der Waals surface area contributed by atoms with E-state index in [9.17, 15) is 4.79 Å². The van der Waals surface area contributed by atoms with Gasteiger partial charge in [-0.1, -0.05) is 6.07 Å². The van der Waals surface area contributed by atoms with Crippen LogP contribution in [0.4, 0.5) is 4.79 Å². The van der Waals surface area contributed by atoms with Gasteiger partial charge in [-0.25, -0.2) is 4.79 Å². The van der Waals surface area contributed by atoms with Crippen molar-refractivity contribution in [2.75, 3.05) is 13.1 Å². The van der Waals surface area contributed by atoms with E-state index in [1.54, 1.807) is 11.1 Å². The molecule has 0 aliphatic carbocycles. The minimum absolute atomic E-state index is 0.204. The molecule has 4 nitrogen and oxygen atoms in total. The highest BCUT2D eigenvalue weighted by Gasteiger charge is 2.33. The summed E-state index contributed by atoms with van der Waals surface area (Å²) in [4.78, 5) is 17.6. The molecule has 4 heteroatoms. The van der Waals surface area contributed by atoms with Crippen LogP contribution in [0.25, 0.3) is 0 Å². The van der Waals surface area contributed by atoms with Crippen LogP contribution in [-0.2, 0) is 11.2 Å². The van der Waals surface area contributed by atoms with Crippen LogP contribution in [0, 0.1) is 5.92 Å². The van der Waals surface area contributed by atoms with E-state index in [0.717, 1.165) is 19.5 Å². The van der Waals surface area contributed by atoms with Crippen molar-refractivity contribution >= 4 is 6.09 Å². The Balaban J connectivity index is 1.76. The second-order valence-electron chi connectivity index (χ2n) is 5.82. The first kappa shape index (κ1) is 12.9. The molecule has 0 radical (unpaired) electrons. The van der Waals surface area contributed by atoms with Crippen molar-refractivity contribution in [3.8, 4) is 0 Å². The molecule has 18 heavy (non-hydrogen) atoms. The van der Waals surface area contributed by atoms with Crippen LogP contribution in [0.5, 0.6) is 0 Å². The van der Waals surface area contributed by atoms with E-state index in [4.69, 9.17) is 4.74 Å². The van der Waals surface area contributed by atoms with Gasteiger partial charge in [-0.2, -0.15) is 0 Å². The molecule has 1 saturated heterocycles. The van der Waals surface area contributed by atoms with Gasteiger partial charge in [0.25, 0.3) is 0 Å². The second-order valence-corrected chi connectivity index (χ2v) is 5.82. The van der Waals surface area contributed by atoms with Crippen molar-refractivity contribution < 1.29 is 9.53 Å². The molecular weight excluding hydrogens is 228 g/mol. The minimum atomic E-state index is -0.411. The molecule has 1 aliphatic heterocycles. The Labute approximate surface area is 108 Å². The third-order valence-electron chi connectivity index (χ3n) is 2.86. The minimum Gasteiger partial charge on any atom is -0.444 e. The van der Waals surface area contributed by atoms with Crippen LogP contribution < -0.4 is 0 Å². The lowest BCUT2D eigenvalue weighted by molar-refractivity contribution is -0.000884. The van der Waals surface area contributed by atoms with Crippen molar-refractivity contribution in [1.82, 2.24) is 9.88 Å². The number of aromatic nitrogens is 1. The first-order valence-electron chi connectivity index (χ1n) is 6.31. The molecule has 0 saturated carbocycles. The largest absolute Gasteiger partial charge is 0.444 e. The predicted molar refractivity (Wildman–Crippen MR) is 69.2 cm³/mol. The van der Waals surface area contributed by atoms with E-state index < -0.39 is 5.60 Å². The van der Waals surface area contributed by atoms with Crippen LogP contribution in [-0.4, -0.2) is 34.7 Å². The van der Waals surface area contributed by atoms with Crippen LogP contribution in [0.2, 0.25) is 0 Å². The maximum atomic E-state index is 11.7. The monoisotopic (exact) mass is 248 g/mol. The van der Waals surface area contributed by atoms with Crippen molar-refractivity contribution in [2.24, 2.45) is 5.92 Å². The molecule has 2 heterocycles. The van der Waals surface area contributed by atoms with E-state index in [1.165, 1.54) is 5.56 Å². The van der Waals surface area contributed by atoms with Crippen LogP contribution in [0.3, 0.4) is 0 Å². The van der Waals surface area contributed by atoms with Crippen molar-refractivity contribution in [2.45, 2.75) is 32.8 Å². The zero-order valence-corrected chi connectivity index (χ0v) is 11.2. The molecule has 1 fully saturated rings. The number of pyridine rings is 1. The standard InChI is InChI=1S/C14H20N2O2/c1-14(2,3)18-13(17)16-9-12(10-16)7-11-5-4-6-15-8-11/h4-6,8,12H,7,9-10H2,1-3H3. The lowest BCUT2D eigenvalue weighted by atomic mass is 9.93. The Morgan fingerprint density at radius 1 is 1.50 bits per heavy atom. The number of nitrogens with zero attached hydrogens (tertiary/aromatic N) is 2. The lowest BCUT2D eigenvalue weighted by Crippen LogP contribution is -2.52. The van der Waals surface area contributed by atoms with Crippen molar-refractivity contribution in [1.29, 1.82) is 0 Å². The van der Waals surface area contributed by atoms with Gasteiger partial charge in [0.1, 0.15) is 5.60 Å². The first-order valence-corrected chi connectivity index (χ1v) is 6.31. The van der Waals surface area contributed by atoms with Gasteiger partial charge in [0.05, 0.1) is 0 Å². The zero-order chi connectivity index (χ0) is 13.2.